The topological polar surface area (TPSA) is 129 Å². The smallest absolute Gasteiger partial charge is 0.339 e. The molecule has 0 atom stereocenters. The van der Waals surface area contributed by atoms with Crippen molar-refractivity contribution in [2.24, 2.45) is 0 Å². The maximum Gasteiger partial charge on any atom is 0.339 e. The monoisotopic (exact) mass is 333 g/mol. The number of aryl methyl sites for hydroxylation is 1. The first kappa shape index (κ1) is 16.1. The van der Waals surface area contributed by atoms with E-state index in [1.54, 1.807) is 20.0 Å². The lowest BCUT2D eigenvalue weighted by atomic mass is 10.1. The molecular weight excluding hydrogens is 317 g/mol. The average Bonchev–Trinajstić information content (AvgIpc) is 2.92. The van der Waals surface area contributed by atoms with Gasteiger partial charge in [-0.3, -0.25) is 4.40 Å². The van der Waals surface area contributed by atoms with Gasteiger partial charge in [0.25, 0.3) is 0 Å². The Morgan fingerprint density at radius 1 is 1.29 bits per heavy atom. The van der Waals surface area contributed by atoms with Crippen molar-refractivity contribution < 1.29 is 19.7 Å². The first-order valence-corrected chi connectivity index (χ1v) is 7.03. The summed E-state index contributed by atoms with van der Waals surface area (Å²) in [7, 11) is 1.65. The predicted molar refractivity (Wildman–Crippen MR) is 85.4 cm³/mol. The molecule has 1 aromatic carbocycles. The third kappa shape index (κ3) is 2.44. The largest absolute Gasteiger partial charge is 0.388 e. The Kier molecular flexibility index (Phi) is 3.63. The van der Waals surface area contributed by atoms with Crippen molar-refractivity contribution in [2.75, 3.05) is 18.1 Å². The maximum absolute atomic E-state index is 14.5. The predicted octanol–water partition coefficient (Wildman–Crippen LogP) is 0.555. The standard InChI is InChI=1S/C15H16FN5O3/c1-7-6-19-13(17)12-11(20-14(21(7)12)15(22,23)24)9-4-3-8(18-2)5-10(9)16/h3-6,18,22-24H,1-2H3,(H2,17,19). The van der Waals surface area contributed by atoms with E-state index in [4.69, 9.17) is 5.73 Å². The Labute approximate surface area is 136 Å². The van der Waals surface area contributed by atoms with Crippen LogP contribution in [0, 0.1) is 12.7 Å². The number of aromatic nitrogens is 3. The van der Waals surface area contributed by atoms with Crippen LogP contribution in [0.5, 0.6) is 0 Å². The maximum atomic E-state index is 14.5. The lowest BCUT2D eigenvalue weighted by Crippen LogP contribution is -2.27. The fourth-order valence-electron chi connectivity index (χ4n) is 2.56. The first-order chi connectivity index (χ1) is 11.2. The normalized spacial score (nSPS) is 11.9. The second-order valence-electron chi connectivity index (χ2n) is 5.33. The molecule has 126 valence electrons. The molecule has 0 saturated carbocycles. The number of fused-ring (bicyclic) bond motifs is 1. The Bertz CT molecular complexity index is 933. The SMILES string of the molecule is CNc1ccc(-c2nc(C(O)(O)O)n3c(C)cnc(N)c23)c(F)c1. The van der Waals surface area contributed by atoms with Crippen molar-refractivity contribution in [3.8, 4) is 11.3 Å². The summed E-state index contributed by atoms with van der Waals surface area (Å²) in [5, 5.41) is 31.5. The minimum absolute atomic E-state index is 0.00990. The molecule has 0 aliphatic heterocycles. The molecule has 0 saturated heterocycles. The van der Waals surface area contributed by atoms with Gasteiger partial charge in [-0.15, -0.1) is 0 Å². The van der Waals surface area contributed by atoms with Gasteiger partial charge in [0.05, 0.1) is 0 Å². The van der Waals surface area contributed by atoms with E-state index in [9.17, 15) is 19.7 Å². The first-order valence-electron chi connectivity index (χ1n) is 7.03. The molecule has 0 amide bonds. The van der Waals surface area contributed by atoms with E-state index in [1.807, 2.05) is 0 Å². The van der Waals surface area contributed by atoms with Crippen LogP contribution in [0.25, 0.3) is 16.8 Å². The van der Waals surface area contributed by atoms with Gasteiger partial charge in [0, 0.05) is 30.2 Å². The zero-order chi connectivity index (χ0) is 17.6. The van der Waals surface area contributed by atoms with E-state index in [1.165, 1.54) is 22.7 Å². The van der Waals surface area contributed by atoms with Crippen molar-refractivity contribution in [3.05, 3.63) is 41.7 Å². The molecule has 0 unspecified atom stereocenters. The highest BCUT2D eigenvalue weighted by Gasteiger charge is 2.32. The van der Waals surface area contributed by atoms with Crippen LogP contribution in [0.3, 0.4) is 0 Å². The highest BCUT2D eigenvalue weighted by atomic mass is 19.1. The van der Waals surface area contributed by atoms with E-state index in [2.05, 4.69) is 15.3 Å². The molecule has 6 N–H and O–H groups in total. The van der Waals surface area contributed by atoms with Gasteiger partial charge in [0.2, 0.25) is 5.82 Å². The Morgan fingerprint density at radius 3 is 2.58 bits per heavy atom. The molecule has 3 aromatic rings. The molecular formula is C15H16FN5O3. The van der Waals surface area contributed by atoms with Crippen LogP contribution in [0.2, 0.25) is 0 Å². The van der Waals surface area contributed by atoms with E-state index >= 15 is 0 Å². The minimum atomic E-state index is -3.22. The third-order valence-electron chi connectivity index (χ3n) is 3.68. The Hall–Kier alpha value is -2.75. The van der Waals surface area contributed by atoms with Crippen molar-refractivity contribution in [3.63, 3.8) is 0 Å². The summed E-state index contributed by atoms with van der Waals surface area (Å²) in [6.07, 6.45) is 1.38. The molecule has 2 heterocycles. The fourth-order valence-corrected chi connectivity index (χ4v) is 2.56. The minimum Gasteiger partial charge on any atom is -0.388 e. The number of nitrogen functional groups attached to an aromatic ring is 1. The number of aliphatic hydroxyl groups is 3. The lowest BCUT2D eigenvalue weighted by molar-refractivity contribution is -0.329. The molecule has 24 heavy (non-hydrogen) atoms. The summed E-state index contributed by atoms with van der Waals surface area (Å²) in [6, 6.07) is 4.37. The van der Waals surface area contributed by atoms with Crippen molar-refractivity contribution in [2.45, 2.75) is 12.9 Å². The lowest BCUT2D eigenvalue weighted by Gasteiger charge is -2.13. The van der Waals surface area contributed by atoms with Crippen LogP contribution in [0.1, 0.15) is 11.5 Å². The molecule has 2 aromatic heterocycles. The molecule has 0 aliphatic rings. The Balaban J connectivity index is 2.40. The van der Waals surface area contributed by atoms with Crippen LogP contribution >= 0.6 is 0 Å². The molecule has 0 spiro atoms. The number of nitrogens with two attached hydrogens (primary N) is 1. The number of benzene rings is 1. The molecule has 0 radical (unpaired) electrons. The van der Waals surface area contributed by atoms with Crippen LogP contribution in [0.15, 0.2) is 24.4 Å². The van der Waals surface area contributed by atoms with Crippen LogP contribution in [0.4, 0.5) is 15.9 Å². The number of imidazole rings is 1. The van der Waals surface area contributed by atoms with Gasteiger partial charge in [0.1, 0.15) is 22.8 Å². The highest BCUT2D eigenvalue weighted by molar-refractivity contribution is 5.86. The third-order valence-corrected chi connectivity index (χ3v) is 3.68. The van der Waals surface area contributed by atoms with Gasteiger partial charge in [-0.1, -0.05) is 0 Å². The van der Waals surface area contributed by atoms with Crippen molar-refractivity contribution in [1.82, 2.24) is 14.4 Å². The van der Waals surface area contributed by atoms with Gasteiger partial charge in [0.15, 0.2) is 0 Å². The summed E-state index contributed by atoms with van der Waals surface area (Å²) in [4.78, 5) is 7.99. The van der Waals surface area contributed by atoms with E-state index in [-0.39, 0.29) is 22.6 Å². The average molecular weight is 333 g/mol. The van der Waals surface area contributed by atoms with Crippen LogP contribution in [-0.2, 0) is 5.97 Å². The molecule has 9 heteroatoms. The second kappa shape index (κ2) is 5.41. The zero-order valence-corrected chi connectivity index (χ0v) is 12.9. The fraction of sp³-hybridized carbons (Fsp3) is 0.200. The van der Waals surface area contributed by atoms with E-state index in [0.29, 0.717) is 11.4 Å². The molecule has 0 fully saturated rings. The van der Waals surface area contributed by atoms with Crippen LogP contribution in [-0.4, -0.2) is 36.7 Å². The Morgan fingerprint density at radius 2 is 2.00 bits per heavy atom. The molecule has 0 bridgehead atoms. The summed E-state index contributed by atoms with van der Waals surface area (Å²) < 4.78 is 15.7. The summed E-state index contributed by atoms with van der Waals surface area (Å²) in [5.74, 6) is -4.30. The number of anilines is 2. The second-order valence-corrected chi connectivity index (χ2v) is 5.33. The van der Waals surface area contributed by atoms with E-state index < -0.39 is 17.6 Å². The van der Waals surface area contributed by atoms with Gasteiger partial charge >= 0.3 is 5.97 Å². The van der Waals surface area contributed by atoms with Gasteiger partial charge in [-0.05, 0) is 25.1 Å². The number of hydrogen-bond acceptors (Lipinski definition) is 7. The summed E-state index contributed by atoms with van der Waals surface area (Å²) in [6.45, 7) is 1.61. The van der Waals surface area contributed by atoms with Crippen molar-refractivity contribution >= 4 is 17.0 Å². The molecule has 8 nitrogen and oxygen atoms in total. The van der Waals surface area contributed by atoms with Gasteiger partial charge in [-0.25, -0.2) is 14.4 Å². The quantitative estimate of drug-likeness (QED) is 0.443. The number of nitrogens with one attached hydrogen (secondary N) is 1. The number of nitrogens with zero attached hydrogens (tertiary/aromatic N) is 3. The molecule has 3 rings (SSSR count). The highest BCUT2D eigenvalue weighted by Crippen LogP contribution is 2.33. The number of halogens is 1. The summed E-state index contributed by atoms with van der Waals surface area (Å²) in [5.41, 5.74) is 7.16. The van der Waals surface area contributed by atoms with Gasteiger partial charge < -0.3 is 26.4 Å². The van der Waals surface area contributed by atoms with Gasteiger partial charge in [-0.2, -0.15) is 0 Å². The van der Waals surface area contributed by atoms with E-state index in [0.717, 1.165) is 0 Å². The number of hydrogen-bond donors (Lipinski definition) is 5. The zero-order valence-electron chi connectivity index (χ0n) is 12.9. The molecule has 0 aliphatic carbocycles. The van der Waals surface area contributed by atoms with Crippen molar-refractivity contribution in [1.29, 1.82) is 0 Å². The van der Waals surface area contributed by atoms with Crippen LogP contribution < -0.4 is 11.1 Å². The number of rotatable bonds is 3. The summed E-state index contributed by atoms with van der Waals surface area (Å²) >= 11 is 0.